The van der Waals surface area contributed by atoms with Gasteiger partial charge in [-0.2, -0.15) is 0 Å². The smallest absolute Gasteiger partial charge is 0.228 e. The molecule has 3 atom stereocenters. The van der Waals surface area contributed by atoms with Crippen molar-refractivity contribution in [3.8, 4) is 0 Å². The quantitative estimate of drug-likeness (QED) is 0.851. The Morgan fingerprint density at radius 2 is 2.33 bits per heavy atom. The van der Waals surface area contributed by atoms with Crippen LogP contribution in [0.3, 0.4) is 0 Å². The average molecular weight is 308 g/mol. The summed E-state index contributed by atoms with van der Waals surface area (Å²) >= 11 is 1.67. The molecule has 2 saturated heterocycles. The molecule has 0 spiro atoms. The number of carbonyl (C=O) groups is 1. The van der Waals surface area contributed by atoms with E-state index in [4.69, 9.17) is 4.74 Å². The molecule has 5 heteroatoms. The molecule has 2 aliphatic rings. The van der Waals surface area contributed by atoms with Crippen LogP contribution in [0.2, 0.25) is 0 Å². The Kier molecular flexibility index (Phi) is 4.62. The van der Waals surface area contributed by atoms with E-state index in [2.05, 4.69) is 22.8 Å². The van der Waals surface area contributed by atoms with Gasteiger partial charge in [-0.3, -0.25) is 4.79 Å². The van der Waals surface area contributed by atoms with Crippen molar-refractivity contribution >= 4 is 17.2 Å². The minimum Gasteiger partial charge on any atom is -0.381 e. The Morgan fingerprint density at radius 1 is 1.48 bits per heavy atom. The first-order valence-electron chi connectivity index (χ1n) is 7.80. The fourth-order valence-corrected chi connectivity index (χ4v) is 4.46. The zero-order valence-electron chi connectivity index (χ0n) is 12.8. The molecule has 0 bridgehead atoms. The maximum Gasteiger partial charge on any atom is 0.228 e. The van der Waals surface area contributed by atoms with E-state index in [9.17, 15) is 4.79 Å². The summed E-state index contributed by atoms with van der Waals surface area (Å²) < 4.78 is 5.67. The second-order valence-electron chi connectivity index (χ2n) is 5.99. The minimum absolute atomic E-state index is 0.278. The van der Waals surface area contributed by atoms with Gasteiger partial charge in [-0.1, -0.05) is 13.0 Å². The molecular formula is C16H24N2O2S. The molecule has 1 amide bonds. The van der Waals surface area contributed by atoms with E-state index in [0.29, 0.717) is 24.5 Å². The highest BCUT2D eigenvalue weighted by atomic mass is 32.1. The molecule has 0 N–H and O–H groups in total. The second-order valence-corrected chi connectivity index (χ2v) is 7.02. The van der Waals surface area contributed by atoms with Crippen LogP contribution in [0, 0.1) is 5.92 Å². The summed E-state index contributed by atoms with van der Waals surface area (Å²) in [5.41, 5.74) is 0. The number of likely N-dealkylation sites (tertiary alicyclic amines) is 2. The van der Waals surface area contributed by atoms with Crippen LogP contribution in [0.1, 0.15) is 18.2 Å². The number of carbonyl (C=O) groups excluding carboxylic acids is 1. The zero-order chi connectivity index (χ0) is 14.8. The Balaban J connectivity index is 1.72. The van der Waals surface area contributed by atoms with Gasteiger partial charge in [0.15, 0.2) is 0 Å². The van der Waals surface area contributed by atoms with Gasteiger partial charge in [-0.05, 0) is 24.4 Å². The van der Waals surface area contributed by atoms with Crippen LogP contribution in [-0.4, -0.2) is 61.1 Å². The van der Waals surface area contributed by atoms with Crippen molar-refractivity contribution in [2.24, 2.45) is 5.92 Å². The van der Waals surface area contributed by atoms with E-state index in [-0.39, 0.29) is 5.91 Å². The van der Waals surface area contributed by atoms with Gasteiger partial charge < -0.3 is 14.5 Å². The van der Waals surface area contributed by atoms with Gasteiger partial charge in [0.25, 0.3) is 0 Å². The van der Waals surface area contributed by atoms with Crippen LogP contribution < -0.4 is 0 Å². The third-order valence-corrected chi connectivity index (χ3v) is 5.79. The minimum atomic E-state index is 0.278. The third-order valence-electron chi connectivity index (χ3n) is 4.92. The van der Waals surface area contributed by atoms with Crippen LogP contribution in [0.4, 0.5) is 0 Å². The lowest BCUT2D eigenvalue weighted by Crippen LogP contribution is -2.53. The summed E-state index contributed by atoms with van der Waals surface area (Å²) in [4.78, 5) is 18.4. The largest absolute Gasteiger partial charge is 0.381 e. The van der Waals surface area contributed by atoms with E-state index in [1.807, 2.05) is 11.4 Å². The SMILES string of the molecule is CCN1C[C@H]2[C@@H](C1)N(C(=O)Cc1cccs1)CC[C@H]2OC. The zero-order valence-corrected chi connectivity index (χ0v) is 13.6. The number of hydrogen-bond donors (Lipinski definition) is 0. The number of amides is 1. The summed E-state index contributed by atoms with van der Waals surface area (Å²) in [7, 11) is 1.81. The molecule has 3 heterocycles. The Bertz CT molecular complexity index is 477. The molecule has 1 aromatic heterocycles. The van der Waals surface area contributed by atoms with Crippen LogP contribution >= 0.6 is 11.3 Å². The molecular weight excluding hydrogens is 284 g/mol. The van der Waals surface area contributed by atoms with Crippen molar-refractivity contribution < 1.29 is 9.53 Å². The summed E-state index contributed by atoms with van der Waals surface area (Å²) in [6, 6.07) is 4.40. The molecule has 0 aromatic carbocycles. The molecule has 2 fully saturated rings. The third kappa shape index (κ3) is 3.00. The van der Waals surface area contributed by atoms with Crippen molar-refractivity contribution in [1.82, 2.24) is 9.80 Å². The van der Waals surface area contributed by atoms with Crippen molar-refractivity contribution in [2.75, 3.05) is 33.3 Å². The van der Waals surface area contributed by atoms with Gasteiger partial charge in [-0.15, -0.1) is 11.3 Å². The van der Waals surface area contributed by atoms with Crippen LogP contribution in [0.15, 0.2) is 17.5 Å². The standard InChI is InChI=1S/C16H24N2O2S/c1-3-17-10-13-14(11-17)18(7-6-15(13)20-2)16(19)9-12-5-4-8-21-12/h4-5,8,13-15H,3,6-7,9-11H2,1-2H3/t13-,14+,15+/m0/s1. The van der Waals surface area contributed by atoms with Crippen LogP contribution in [0.5, 0.6) is 0 Å². The average Bonchev–Trinajstić information content (AvgIpc) is 3.14. The second kappa shape index (κ2) is 6.46. The molecule has 0 radical (unpaired) electrons. The molecule has 0 saturated carbocycles. The van der Waals surface area contributed by atoms with Gasteiger partial charge >= 0.3 is 0 Å². The topological polar surface area (TPSA) is 32.8 Å². The molecule has 3 rings (SSSR count). The predicted octanol–water partition coefficient (Wildman–Crippen LogP) is 1.86. The van der Waals surface area contributed by atoms with Gasteiger partial charge in [0, 0.05) is 37.5 Å². The highest BCUT2D eigenvalue weighted by molar-refractivity contribution is 7.10. The Labute approximate surface area is 130 Å². The van der Waals surface area contributed by atoms with Gasteiger partial charge in [-0.25, -0.2) is 0 Å². The first-order chi connectivity index (χ1) is 10.2. The summed E-state index contributed by atoms with van der Waals surface area (Å²) in [5, 5.41) is 2.04. The molecule has 0 aliphatic carbocycles. The van der Waals surface area contributed by atoms with Crippen molar-refractivity contribution in [1.29, 1.82) is 0 Å². The fraction of sp³-hybridized carbons (Fsp3) is 0.688. The number of rotatable bonds is 4. The number of hydrogen-bond acceptors (Lipinski definition) is 4. The maximum atomic E-state index is 12.7. The maximum absolute atomic E-state index is 12.7. The number of fused-ring (bicyclic) bond motifs is 1. The number of piperidine rings is 1. The van der Waals surface area contributed by atoms with Crippen molar-refractivity contribution in [3.63, 3.8) is 0 Å². The van der Waals surface area contributed by atoms with Gasteiger partial charge in [0.1, 0.15) is 0 Å². The normalized spacial score (nSPS) is 29.6. The molecule has 0 unspecified atom stereocenters. The number of ether oxygens (including phenoxy) is 1. The fourth-order valence-electron chi connectivity index (χ4n) is 3.76. The van der Waals surface area contributed by atoms with Crippen molar-refractivity contribution in [3.05, 3.63) is 22.4 Å². The summed E-state index contributed by atoms with van der Waals surface area (Å²) in [6.07, 6.45) is 1.81. The van der Waals surface area contributed by atoms with Gasteiger partial charge in [0.05, 0.1) is 18.6 Å². The summed E-state index contributed by atoms with van der Waals surface area (Å²) in [6.45, 7) is 6.13. The molecule has 1 aromatic rings. The highest BCUT2D eigenvalue weighted by Gasteiger charge is 2.45. The van der Waals surface area contributed by atoms with E-state index in [1.165, 1.54) is 0 Å². The van der Waals surface area contributed by atoms with Gasteiger partial charge in [0.2, 0.25) is 5.91 Å². The van der Waals surface area contributed by atoms with E-state index < -0.39 is 0 Å². The Morgan fingerprint density at radius 3 is 3.00 bits per heavy atom. The lowest BCUT2D eigenvalue weighted by atomic mass is 9.88. The number of nitrogens with zero attached hydrogens (tertiary/aromatic N) is 2. The van der Waals surface area contributed by atoms with Crippen LogP contribution in [-0.2, 0) is 16.0 Å². The monoisotopic (exact) mass is 308 g/mol. The molecule has 116 valence electrons. The first kappa shape index (κ1) is 15.0. The number of thiophene rings is 1. The lowest BCUT2D eigenvalue weighted by molar-refractivity contribution is -0.138. The highest BCUT2D eigenvalue weighted by Crippen LogP contribution is 2.32. The van der Waals surface area contributed by atoms with Crippen LogP contribution in [0.25, 0.3) is 0 Å². The molecule has 21 heavy (non-hydrogen) atoms. The van der Waals surface area contributed by atoms with E-state index >= 15 is 0 Å². The lowest BCUT2D eigenvalue weighted by Gasteiger charge is -2.41. The molecule has 2 aliphatic heterocycles. The predicted molar refractivity (Wildman–Crippen MR) is 84.5 cm³/mol. The molecule has 4 nitrogen and oxygen atoms in total. The number of methoxy groups -OCH3 is 1. The summed E-state index contributed by atoms with van der Waals surface area (Å²) in [5.74, 6) is 0.746. The van der Waals surface area contributed by atoms with E-state index in [0.717, 1.165) is 37.5 Å². The Hall–Kier alpha value is -0.910. The first-order valence-corrected chi connectivity index (χ1v) is 8.68. The number of likely N-dealkylation sites (N-methyl/N-ethyl adjacent to an activating group) is 1. The van der Waals surface area contributed by atoms with E-state index in [1.54, 1.807) is 18.4 Å². The van der Waals surface area contributed by atoms with Crippen molar-refractivity contribution in [2.45, 2.75) is 31.9 Å².